The van der Waals surface area contributed by atoms with E-state index in [4.69, 9.17) is 4.74 Å². The van der Waals surface area contributed by atoms with E-state index in [0.29, 0.717) is 12.1 Å². The smallest absolute Gasteiger partial charge is 0.337 e. The molecule has 0 spiro atoms. The molecule has 0 saturated heterocycles. The number of nitrogens with zero attached hydrogens (tertiary/aromatic N) is 4. The molecule has 134 valence electrons. The summed E-state index contributed by atoms with van der Waals surface area (Å²) < 4.78 is 6.51. The molecule has 0 aliphatic heterocycles. The summed E-state index contributed by atoms with van der Waals surface area (Å²) in [6.07, 6.45) is 3.53. The Hall–Kier alpha value is -3.74. The number of ether oxygens (including phenoxy) is 1. The topological polar surface area (TPSA) is 81.4 Å². The third kappa shape index (κ3) is 3.48. The number of carbonyl (C=O) groups is 1. The minimum absolute atomic E-state index is 0.362. The quantitative estimate of drug-likeness (QED) is 0.551. The molecule has 3 heterocycles. The first-order valence-corrected chi connectivity index (χ1v) is 8.42. The molecule has 0 radical (unpaired) electrons. The van der Waals surface area contributed by atoms with Gasteiger partial charge in [0.15, 0.2) is 5.65 Å². The molecule has 0 aliphatic carbocycles. The lowest BCUT2D eigenvalue weighted by atomic mass is 10.1. The predicted molar refractivity (Wildman–Crippen MR) is 101 cm³/mol. The number of fused-ring (bicyclic) bond motifs is 1. The summed E-state index contributed by atoms with van der Waals surface area (Å²) in [7, 11) is 1.37. The van der Waals surface area contributed by atoms with E-state index in [1.165, 1.54) is 7.11 Å². The zero-order valence-corrected chi connectivity index (χ0v) is 14.7. The van der Waals surface area contributed by atoms with Crippen LogP contribution in [0.3, 0.4) is 0 Å². The summed E-state index contributed by atoms with van der Waals surface area (Å²) in [6, 6.07) is 16.7. The Morgan fingerprint density at radius 2 is 1.93 bits per heavy atom. The number of methoxy groups -OCH3 is 1. The van der Waals surface area contributed by atoms with Crippen molar-refractivity contribution in [1.29, 1.82) is 0 Å². The fourth-order valence-electron chi connectivity index (χ4n) is 2.74. The number of nitrogens with one attached hydrogen (secondary N) is 1. The van der Waals surface area contributed by atoms with E-state index < -0.39 is 0 Å². The molecule has 0 amide bonds. The van der Waals surface area contributed by atoms with Crippen LogP contribution in [0.4, 0.5) is 5.82 Å². The maximum atomic E-state index is 11.6. The molecule has 7 nitrogen and oxygen atoms in total. The van der Waals surface area contributed by atoms with Crippen molar-refractivity contribution in [3.05, 3.63) is 78.2 Å². The van der Waals surface area contributed by atoms with E-state index in [1.54, 1.807) is 29.0 Å². The van der Waals surface area contributed by atoms with Crippen molar-refractivity contribution in [2.75, 3.05) is 12.4 Å². The van der Waals surface area contributed by atoms with Crippen LogP contribution < -0.4 is 5.32 Å². The molecule has 3 aromatic heterocycles. The summed E-state index contributed by atoms with van der Waals surface area (Å²) in [5.41, 5.74) is 3.92. The minimum Gasteiger partial charge on any atom is -0.465 e. The van der Waals surface area contributed by atoms with Gasteiger partial charge in [-0.25, -0.2) is 14.3 Å². The lowest BCUT2D eigenvalue weighted by molar-refractivity contribution is 0.0601. The molecule has 1 N–H and O–H groups in total. The van der Waals surface area contributed by atoms with Crippen LogP contribution in [0.5, 0.6) is 0 Å². The number of anilines is 1. The van der Waals surface area contributed by atoms with Gasteiger partial charge >= 0.3 is 5.97 Å². The Kier molecular flexibility index (Phi) is 4.49. The van der Waals surface area contributed by atoms with E-state index >= 15 is 0 Å². The lowest BCUT2D eigenvalue weighted by Gasteiger charge is -2.07. The molecule has 4 aromatic rings. The molecule has 1 aromatic carbocycles. The van der Waals surface area contributed by atoms with Crippen molar-refractivity contribution >= 4 is 17.4 Å². The maximum absolute atomic E-state index is 11.6. The van der Waals surface area contributed by atoms with Crippen LogP contribution in [0.2, 0.25) is 0 Å². The standard InChI is InChI=1S/C20H17N5O2/c1-27-20(26)15-7-5-14(6-8-15)17-13-23-19-10-9-18(24-25(17)19)22-12-16-4-2-3-11-21-16/h2-11,13H,12H2,1H3,(H,22,24). The molecule has 0 aliphatic rings. The van der Waals surface area contributed by atoms with E-state index in [0.717, 1.165) is 28.4 Å². The van der Waals surface area contributed by atoms with Crippen LogP contribution in [0, 0.1) is 0 Å². The number of rotatable bonds is 5. The van der Waals surface area contributed by atoms with Crippen LogP contribution in [0.15, 0.2) is 67.0 Å². The Morgan fingerprint density at radius 1 is 1.07 bits per heavy atom. The van der Waals surface area contributed by atoms with Crippen molar-refractivity contribution in [1.82, 2.24) is 19.6 Å². The van der Waals surface area contributed by atoms with E-state index in [2.05, 4.69) is 20.4 Å². The number of pyridine rings is 1. The highest BCUT2D eigenvalue weighted by molar-refractivity contribution is 5.89. The fourth-order valence-corrected chi connectivity index (χ4v) is 2.74. The molecule has 0 atom stereocenters. The second-order valence-corrected chi connectivity index (χ2v) is 5.88. The highest BCUT2D eigenvalue weighted by atomic mass is 16.5. The van der Waals surface area contributed by atoms with Gasteiger partial charge in [-0.2, -0.15) is 0 Å². The highest BCUT2D eigenvalue weighted by Crippen LogP contribution is 2.21. The molecule has 0 saturated carbocycles. The van der Waals surface area contributed by atoms with Crippen LogP contribution >= 0.6 is 0 Å². The first kappa shape index (κ1) is 16.7. The predicted octanol–water partition coefficient (Wildman–Crippen LogP) is 3.19. The number of esters is 1. The summed E-state index contributed by atoms with van der Waals surface area (Å²) in [5, 5.41) is 7.89. The molecule has 0 bridgehead atoms. The van der Waals surface area contributed by atoms with Gasteiger partial charge in [0.25, 0.3) is 0 Å². The van der Waals surface area contributed by atoms with Gasteiger partial charge in [0.1, 0.15) is 5.82 Å². The Morgan fingerprint density at radius 3 is 2.67 bits per heavy atom. The summed E-state index contributed by atoms with van der Waals surface area (Å²) in [4.78, 5) is 20.3. The molecule has 7 heteroatoms. The molecular formula is C20H17N5O2. The van der Waals surface area contributed by atoms with Gasteiger partial charge < -0.3 is 10.1 Å². The van der Waals surface area contributed by atoms with Gasteiger partial charge in [0.05, 0.1) is 36.8 Å². The minimum atomic E-state index is -0.362. The van der Waals surface area contributed by atoms with Gasteiger partial charge in [0.2, 0.25) is 0 Å². The van der Waals surface area contributed by atoms with Gasteiger partial charge in [0, 0.05) is 11.8 Å². The number of carbonyl (C=O) groups excluding carboxylic acids is 1. The van der Waals surface area contributed by atoms with Gasteiger partial charge in [-0.05, 0) is 36.4 Å². The molecule has 0 unspecified atom stereocenters. The average Bonchev–Trinajstić information content (AvgIpc) is 3.16. The zero-order valence-electron chi connectivity index (χ0n) is 14.7. The fraction of sp³-hybridized carbons (Fsp3) is 0.100. The number of hydrogen-bond acceptors (Lipinski definition) is 6. The first-order valence-electron chi connectivity index (χ1n) is 8.42. The van der Waals surface area contributed by atoms with Crippen molar-refractivity contribution in [2.45, 2.75) is 6.54 Å². The largest absolute Gasteiger partial charge is 0.465 e. The Labute approximate surface area is 155 Å². The van der Waals surface area contributed by atoms with E-state index in [-0.39, 0.29) is 5.97 Å². The Balaban J connectivity index is 1.61. The number of aromatic nitrogens is 4. The van der Waals surface area contributed by atoms with Crippen LogP contribution in [-0.4, -0.2) is 32.7 Å². The second kappa shape index (κ2) is 7.25. The van der Waals surface area contributed by atoms with Gasteiger partial charge in [-0.3, -0.25) is 4.98 Å². The van der Waals surface area contributed by atoms with Crippen LogP contribution in [-0.2, 0) is 11.3 Å². The number of hydrogen-bond donors (Lipinski definition) is 1. The van der Waals surface area contributed by atoms with E-state index in [9.17, 15) is 4.79 Å². The normalized spacial score (nSPS) is 10.7. The second-order valence-electron chi connectivity index (χ2n) is 5.88. The Bertz CT molecular complexity index is 1070. The average molecular weight is 359 g/mol. The maximum Gasteiger partial charge on any atom is 0.337 e. The molecule has 0 fully saturated rings. The van der Waals surface area contributed by atoms with Crippen molar-refractivity contribution in [3.8, 4) is 11.3 Å². The highest BCUT2D eigenvalue weighted by Gasteiger charge is 2.10. The van der Waals surface area contributed by atoms with Crippen LogP contribution in [0.1, 0.15) is 16.1 Å². The molecule has 27 heavy (non-hydrogen) atoms. The first-order chi connectivity index (χ1) is 13.2. The lowest BCUT2D eigenvalue weighted by Crippen LogP contribution is -2.05. The summed E-state index contributed by atoms with van der Waals surface area (Å²) in [6.45, 7) is 0.581. The van der Waals surface area contributed by atoms with Crippen molar-refractivity contribution in [2.24, 2.45) is 0 Å². The summed E-state index contributed by atoms with van der Waals surface area (Å²) in [5.74, 6) is 0.359. The van der Waals surface area contributed by atoms with Gasteiger partial charge in [-0.15, -0.1) is 5.10 Å². The van der Waals surface area contributed by atoms with Crippen LogP contribution in [0.25, 0.3) is 16.9 Å². The summed E-state index contributed by atoms with van der Waals surface area (Å²) >= 11 is 0. The number of imidazole rings is 1. The van der Waals surface area contributed by atoms with E-state index in [1.807, 2.05) is 42.5 Å². The van der Waals surface area contributed by atoms with Crippen molar-refractivity contribution < 1.29 is 9.53 Å². The zero-order chi connectivity index (χ0) is 18.6. The number of benzene rings is 1. The van der Waals surface area contributed by atoms with Crippen molar-refractivity contribution in [3.63, 3.8) is 0 Å². The van der Waals surface area contributed by atoms with Gasteiger partial charge in [-0.1, -0.05) is 18.2 Å². The molecule has 4 rings (SSSR count). The third-order valence-corrected chi connectivity index (χ3v) is 4.14. The molecular weight excluding hydrogens is 342 g/mol. The SMILES string of the molecule is COC(=O)c1ccc(-c2cnc3ccc(NCc4ccccn4)nn23)cc1. The monoisotopic (exact) mass is 359 g/mol. The third-order valence-electron chi connectivity index (χ3n) is 4.14.